The Morgan fingerprint density at radius 3 is 2.67 bits per heavy atom. The molecule has 1 atom stereocenters. The predicted octanol–water partition coefficient (Wildman–Crippen LogP) is 2.42. The lowest BCUT2D eigenvalue weighted by atomic mass is 10.0. The van der Waals surface area contributed by atoms with Crippen LogP contribution >= 0.6 is 28.3 Å². The van der Waals surface area contributed by atoms with Crippen LogP contribution in [0.4, 0.5) is 8.78 Å². The molecule has 3 N–H and O–H groups in total. The summed E-state index contributed by atoms with van der Waals surface area (Å²) in [5, 5.41) is 9.57. The zero-order valence-corrected chi connectivity index (χ0v) is 11.6. The van der Waals surface area contributed by atoms with Gasteiger partial charge in [-0.15, -0.1) is 12.4 Å². The Labute approximate surface area is 117 Å². The lowest BCUT2D eigenvalue weighted by Crippen LogP contribution is -2.18. The van der Waals surface area contributed by atoms with Crippen LogP contribution in [0.25, 0.3) is 0 Å². The lowest BCUT2D eigenvalue weighted by Gasteiger charge is -2.14. The Morgan fingerprint density at radius 1 is 1.61 bits per heavy atom. The number of esters is 1. The van der Waals surface area contributed by atoms with Crippen molar-refractivity contribution in [2.24, 2.45) is 5.73 Å². The largest absolute Gasteiger partial charge is 0.506 e. The van der Waals surface area contributed by atoms with Gasteiger partial charge in [0.15, 0.2) is 11.6 Å². The Kier molecular flexibility index (Phi) is 6.51. The van der Waals surface area contributed by atoms with Gasteiger partial charge in [0.2, 0.25) is 0 Å². The van der Waals surface area contributed by atoms with Crippen LogP contribution in [0.1, 0.15) is 18.0 Å². The van der Waals surface area contributed by atoms with E-state index in [2.05, 4.69) is 20.7 Å². The van der Waals surface area contributed by atoms with Crippen LogP contribution < -0.4 is 5.73 Å². The summed E-state index contributed by atoms with van der Waals surface area (Å²) in [6.45, 7) is 0. The molecule has 18 heavy (non-hydrogen) atoms. The number of hydrogen-bond donors (Lipinski definition) is 2. The highest BCUT2D eigenvalue weighted by Gasteiger charge is 2.24. The van der Waals surface area contributed by atoms with Crippen LogP contribution in [0.3, 0.4) is 0 Å². The highest BCUT2D eigenvalue weighted by atomic mass is 79.9. The van der Waals surface area contributed by atoms with E-state index >= 15 is 0 Å². The van der Waals surface area contributed by atoms with Gasteiger partial charge in [0.25, 0.3) is 0 Å². The Hall–Kier alpha value is -0.920. The second-order valence-electron chi connectivity index (χ2n) is 3.30. The number of halogens is 4. The monoisotopic (exact) mass is 345 g/mol. The molecule has 0 amide bonds. The third-order valence-electron chi connectivity index (χ3n) is 2.17. The van der Waals surface area contributed by atoms with E-state index in [9.17, 15) is 18.7 Å². The third kappa shape index (κ3) is 3.54. The quantitative estimate of drug-likeness (QED) is 0.651. The van der Waals surface area contributed by atoms with Crippen molar-refractivity contribution < 1.29 is 23.4 Å². The van der Waals surface area contributed by atoms with Crippen LogP contribution in [0, 0.1) is 11.6 Å². The molecule has 0 radical (unpaired) electrons. The number of aromatic hydroxyl groups is 1. The van der Waals surface area contributed by atoms with Crippen molar-refractivity contribution in [1.29, 1.82) is 0 Å². The van der Waals surface area contributed by atoms with Crippen LogP contribution in [0.15, 0.2) is 10.5 Å². The molecule has 4 nitrogen and oxygen atoms in total. The molecule has 1 aromatic carbocycles. The van der Waals surface area contributed by atoms with Gasteiger partial charge in [-0.2, -0.15) is 0 Å². The maximum atomic E-state index is 13.5. The molecule has 0 saturated heterocycles. The molecule has 0 spiro atoms. The molecule has 0 heterocycles. The van der Waals surface area contributed by atoms with E-state index in [1.165, 1.54) is 0 Å². The summed E-state index contributed by atoms with van der Waals surface area (Å²) in [4.78, 5) is 11.0. The first-order chi connectivity index (χ1) is 7.88. The van der Waals surface area contributed by atoms with Crippen molar-refractivity contribution >= 4 is 34.3 Å². The number of rotatable bonds is 3. The van der Waals surface area contributed by atoms with E-state index in [1.807, 2.05) is 0 Å². The molecule has 0 aliphatic carbocycles. The van der Waals surface area contributed by atoms with Gasteiger partial charge < -0.3 is 15.6 Å². The van der Waals surface area contributed by atoms with Crippen LogP contribution in [0.2, 0.25) is 0 Å². The molecule has 0 aliphatic heterocycles. The predicted molar refractivity (Wildman–Crippen MR) is 66.5 cm³/mol. The number of hydrogen-bond acceptors (Lipinski definition) is 4. The average molecular weight is 347 g/mol. The maximum absolute atomic E-state index is 13.5. The van der Waals surface area contributed by atoms with E-state index in [1.54, 1.807) is 0 Å². The van der Waals surface area contributed by atoms with E-state index in [0.717, 1.165) is 13.2 Å². The van der Waals surface area contributed by atoms with Gasteiger partial charge >= 0.3 is 5.97 Å². The normalized spacial score (nSPS) is 11.6. The van der Waals surface area contributed by atoms with Crippen LogP contribution in [-0.2, 0) is 9.53 Å². The second-order valence-corrected chi connectivity index (χ2v) is 4.16. The highest BCUT2D eigenvalue weighted by molar-refractivity contribution is 9.10. The lowest BCUT2D eigenvalue weighted by molar-refractivity contribution is -0.141. The van der Waals surface area contributed by atoms with Crippen molar-refractivity contribution in [2.45, 2.75) is 12.5 Å². The molecule has 102 valence electrons. The van der Waals surface area contributed by atoms with Gasteiger partial charge in [-0.1, -0.05) is 0 Å². The van der Waals surface area contributed by atoms with Crippen molar-refractivity contribution in [3.05, 3.63) is 27.7 Å². The number of ether oxygens (including phenoxy) is 1. The number of benzene rings is 1. The first-order valence-corrected chi connectivity index (χ1v) is 5.36. The van der Waals surface area contributed by atoms with Gasteiger partial charge in [0.05, 0.1) is 23.6 Å². The minimum absolute atomic E-state index is 0. The molecule has 0 unspecified atom stereocenters. The molecule has 1 aromatic rings. The topological polar surface area (TPSA) is 72.5 Å². The van der Waals surface area contributed by atoms with E-state index in [4.69, 9.17) is 5.73 Å². The van der Waals surface area contributed by atoms with Gasteiger partial charge in [0.1, 0.15) is 5.75 Å². The van der Waals surface area contributed by atoms with Crippen molar-refractivity contribution in [3.8, 4) is 5.75 Å². The zero-order chi connectivity index (χ0) is 13.2. The van der Waals surface area contributed by atoms with Gasteiger partial charge in [0, 0.05) is 6.04 Å². The van der Waals surface area contributed by atoms with Crippen LogP contribution in [-0.4, -0.2) is 18.2 Å². The number of phenolic OH excluding ortho intramolecular Hbond substituents is 1. The Bertz CT molecular complexity index is 433. The van der Waals surface area contributed by atoms with Crippen LogP contribution in [0.5, 0.6) is 5.75 Å². The number of nitrogens with two attached hydrogens (primary N) is 1. The van der Waals surface area contributed by atoms with Crippen molar-refractivity contribution in [3.63, 3.8) is 0 Å². The van der Waals surface area contributed by atoms with Gasteiger partial charge in [-0.3, -0.25) is 4.79 Å². The summed E-state index contributed by atoms with van der Waals surface area (Å²) < 4.78 is 30.9. The van der Waals surface area contributed by atoms with Gasteiger partial charge in [-0.25, -0.2) is 8.78 Å². The summed E-state index contributed by atoms with van der Waals surface area (Å²) in [5.41, 5.74) is 5.07. The molecule has 0 aliphatic rings. The molecule has 0 aromatic heterocycles. The van der Waals surface area contributed by atoms with Gasteiger partial charge in [-0.05, 0) is 22.0 Å². The summed E-state index contributed by atoms with van der Waals surface area (Å²) in [7, 11) is 1.15. The molecular weight excluding hydrogens is 335 g/mol. The summed E-state index contributed by atoms with van der Waals surface area (Å²) in [6.07, 6.45) is -0.364. The summed E-state index contributed by atoms with van der Waals surface area (Å²) in [6, 6.07) is -0.409. The Morgan fingerprint density at radius 2 is 2.17 bits per heavy atom. The average Bonchev–Trinajstić information content (AvgIpc) is 2.26. The molecule has 1 rings (SSSR count). The smallest absolute Gasteiger partial charge is 0.307 e. The standard InChI is InChI=1S/C10H10BrF2NO3.ClH/c1-17-7(15)3-6(14)8-9(13)5(12)2-4(11)10(8)16;/h2,6,16H,3,14H2,1H3;1H/t6-;/m0./s1. The van der Waals surface area contributed by atoms with E-state index in [-0.39, 0.29) is 23.3 Å². The highest BCUT2D eigenvalue weighted by Crippen LogP contribution is 2.35. The summed E-state index contributed by atoms with van der Waals surface area (Å²) in [5.74, 6) is -3.65. The zero-order valence-electron chi connectivity index (χ0n) is 9.25. The molecular formula is C10H11BrClF2NO3. The fourth-order valence-electron chi connectivity index (χ4n) is 1.31. The number of carbonyl (C=O) groups is 1. The van der Waals surface area contributed by atoms with Crippen molar-refractivity contribution in [1.82, 2.24) is 0 Å². The molecule has 0 bridgehead atoms. The first-order valence-electron chi connectivity index (χ1n) is 4.57. The fraction of sp³-hybridized carbons (Fsp3) is 0.300. The molecule has 8 heteroatoms. The fourth-order valence-corrected chi connectivity index (χ4v) is 1.72. The SMILES string of the molecule is COC(=O)C[C@H](N)c1c(O)c(Br)cc(F)c1F.Cl. The Balaban J connectivity index is 0.00000289. The molecule has 0 saturated carbocycles. The third-order valence-corrected chi connectivity index (χ3v) is 2.77. The van der Waals surface area contributed by atoms with Crippen molar-refractivity contribution in [2.75, 3.05) is 7.11 Å². The second kappa shape index (κ2) is 6.86. The number of carbonyl (C=O) groups excluding carboxylic acids is 1. The number of methoxy groups -OCH3 is 1. The number of phenols is 1. The maximum Gasteiger partial charge on any atom is 0.307 e. The first kappa shape index (κ1) is 17.1. The molecule has 0 fully saturated rings. The minimum Gasteiger partial charge on any atom is -0.506 e. The minimum atomic E-state index is -1.28. The van der Waals surface area contributed by atoms with E-state index < -0.39 is 35.0 Å². The summed E-state index contributed by atoms with van der Waals surface area (Å²) >= 11 is 2.85. The van der Waals surface area contributed by atoms with E-state index in [0.29, 0.717) is 0 Å².